The zero-order chi connectivity index (χ0) is 28.4. The number of benzene rings is 1. The Morgan fingerprint density at radius 1 is 1.12 bits per heavy atom. The van der Waals surface area contributed by atoms with E-state index < -0.39 is 0 Å². The molecule has 0 radical (unpaired) electrons. The maximum absolute atomic E-state index is 12.0. The van der Waals surface area contributed by atoms with Crippen LogP contribution in [0.2, 0.25) is 10.0 Å². The highest BCUT2D eigenvalue weighted by Crippen LogP contribution is 2.46. The number of rotatable bonds is 9. The summed E-state index contributed by atoms with van der Waals surface area (Å²) in [5, 5.41) is 7.70. The molecule has 13 heteroatoms. The van der Waals surface area contributed by atoms with E-state index in [-0.39, 0.29) is 34.1 Å². The summed E-state index contributed by atoms with van der Waals surface area (Å²) in [6.45, 7) is 5.83. The molecule has 0 unspecified atom stereocenters. The average Bonchev–Trinajstić information content (AvgIpc) is 2.94. The van der Waals surface area contributed by atoms with Crippen LogP contribution in [0.3, 0.4) is 0 Å². The van der Waals surface area contributed by atoms with Gasteiger partial charge in [-0.05, 0) is 18.6 Å². The van der Waals surface area contributed by atoms with Crippen LogP contribution in [0.5, 0.6) is 11.5 Å². The Hall–Kier alpha value is -3.38. The first kappa shape index (κ1) is 28.2. The van der Waals surface area contributed by atoms with Gasteiger partial charge in [0.2, 0.25) is 5.91 Å². The van der Waals surface area contributed by atoms with Crippen molar-refractivity contribution in [2.45, 2.75) is 24.6 Å². The zero-order valence-corrected chi connectivity index (χ0v) is 23.9. The lowest BCUT2D eigenvalue weighted by Crippen LogP contribution is -2.52. The summed E-state index contributed by atoms with van der Waals surface area (Å²) in [6.07, 6.45) is 3.68. The van der Waals surface area contributed by atoms with Crippen LogP contribution in [-0.4, -0.2) is 86.7 Å². The molecule has 0 saturated carbocycles. The van der Waals surface area contributed by atoms with E-state index in [1.807, 2.05) is 6.07 Å². The fourth-order valence-electron chi connectivity index (χ4n) is 4.77. The fraction of sp³-hybridized carbons (Fsp3) is 0.407. The van der Waals surface area contributed by atoms with Crippen LogP contribution in [0.1, 0.15) is 6.42 Å². The number of ether oxygens (including phenoxy) is 4. The molecule has 5 rings (SSSR count). The molecule has 11 nitrogen and oxygen atoms in total. The van der Waals surface area contributed by atoms with Gasteiger partial charge in [-0.1, -0.05) is 29.8 Å². The van der Waals surface area contributed by atoms with E-state index in [4.69, 9.17) is 52.1 Å². The van der Waals surface area contributed by atoms with Crippen molar-refractivity contribution in [3.8, 4) is 22.9 Å². The van der Waals surface area contributed by atoms with Crippen LogP contribution >= 0.6 is 23.2 Å². The first-order valence-electron chi connectivity index (χ1n) is 12.7. The molecule has 2 saturated heterocycles. The van der Waals surface area contributed by atoms with Crippen molar-refractivity contribution in [2.75, 3.05) is 57.8 Å². The van der Waals surface area contributed by atoms with Crippen molar-refractivity contribution in [3.63, 3.8) is 0 Å². The monoisotopic (exact) mass is 588 g/mol. The van der Waals surface area contributed by atoms with Gasteiger partial charge in [-0.25, -0.2) is 15.0 Å². The molecule has 2 aromatic heterocycles. The fourth-order valence-corrected chi connectivity index (χ4v) is 5.44. The molecule has 2 atom stereocenters. The lowest BCUT2D eigenvalue weighted by molar-refractivity contribution is -0.117. The Morgan fingerprint density at radius 3 is 2.50 bits per heavy atom. The lowest BCUT2D eigenvalue weighted by Gasteiger charge is -2.39. The summed E-state index contributed by atoms with van der Waals surface area (Å²) in [5.74, 6) is 2.14. The molecule has 2 fully saturated rings. The van der Waals surface area contributed by atoms with Gasteiger partial charge in [0.25, 0.3) is 0 Å². The number of halogens is 2. The minimum Gasteiger partial charge on any atom is -0.495 e. The second-order valence-electron chi connectivity index (χ2n) is 9.44. The summed E-state index contributed by atoms with van der Waals surface area (Å²) in [6, 6.07) is 3.19. The van der Waals surface area contributed by atoms with Crippen LogP contribution in [0.4, 0.5) is 11.6 Å². The van der Waals surface area contributed by atoms with Gasteiger partial charge in [0, 0.05) is 38.3 Å². The molecule has 2 aliphatic rings. The number of hydrogen-bond donors (Lipinski definition) is 2. The molecule has 212 valence electrons. The van der Waals surface area contributed by atoms with Gasteiger partial charge in [-0.3, -0.25) is 4.79 Å². The number of aromatic nitrogens is 3. The highest BCUT2D eigenvalue weighted by atomic mass is 35.5. The van der Waals surface area contributed by atoms with Crippen molar-refractivity contribution in [1.82, 2.24) is 20.3 Å². The molecule has 2 N–H and O–H groups in total. The third kappa shape index (κ3) is 5.46. The van der Waals surface area contributed by atoms with Crippen LogP contribution in [0.15, 0.2) is 31.0 Å². The van der Waals surface area contributed by atoms with Crippen molar-refractivity contribution in [3.05, 3.63) is 41.0 Å². The van der Waals surface area contributed by atoms with Gasteiger partial charge in [-0.15, -0.1) is 0 Å². The first-order valence-corrected chi connectivity index (χ1v) is 13.5. The summed E-state index contributed by atoms with van der Waals surface area (Å²) in [5.41, 5.74) is 0.991. The summed E-state index contributed by atoms with van der Waals surface area (Å²) in [4.78, 5) is 28.4. The van der Waals surface area contributed by atoms with Crippen LogP contribution in [0, 0.1) is 0 Å². The van der Waals surface area contributed by atoms with Crippen molar-refractivity contribution >= 4 is 51.6 Å². The van der Waals surface area contributed by atoms with Gasteiger partial charge in [0.05, 0.1) is 66.3 Å². The Bertz CT molecular complexity index is 1410. The molecule has 2 aliphatic heterocycles. The van der Waals surface area contributed by atoms with Crippen molar-refractivity contribution in [1.29, 1.82) is 0 Å². The van der Waals surface area contributed by atoms with Crippen LogP contribution < -0.4 is 25.0 Å². The average molecular weight is 589 g/mol. The molecule has 4 heterocycles. The smallest absolute Gasteiger partial charge is 0.243 e. The molecule has 0 spiro atoms. The number of carbonyl (C=O) groups is 1. The number of methoxy groups -OCH3 is 3. The standard InChI is InChI=1S/C27H30Cl2N6O5/c1-5-22(36)32-16-6-7-40-13-18(16)31-21-8-15-17(10-30-21)33-26(34-27(15)35-11-14(12-35)37-2)23-24(28)19(38-3)9-20(39-4)25(23)29/h5,8-10,14,16,18H,1,6-7,11-13H2,2-4H3,(H,30,31)(H,32,36)/t16-,18+/m0/s1. The largest absolute Gasteiger partial charge is 0.495 e. The Labute approximate surface area is 241 Å². The third-order valence-corrected chi connectivity index (χ3v) is 7.79. The quantitative estimate of drug-likeness (QED) is 0.358. The number of hydrogen-bond acceptors (Lipinski definition) is 10. The Balaban J connectivity index is 1.57. The molecule has 1 amide bonds. The molecule has 40 heavy (non-hydrogen) atoms. The van der Waals surface area contributed by atoms with Gasteiger partial charge in [-0.2, -0.15) is 0 Å². The van der Waals surface area contributed by atoms with Gasteiger partial charge in [0.1, 0.15) is 23.1 Å². The summed E-state index contributed by atoms with van der Waals surface area (Å²) >= 11 is 13.4. The number of carbonyl (C=O) groups excluding carboxylic acids is 1. The second-order valence-corrected chi connectivity index (χ2v) is 10.2. The Kier molecular flexibility index (Phi) is 8.46. The van der Waals surface area contributed by atoms with Gasteiger partial charge >= 0.3 is 0 Å². The normalized spacial score (nSPS) is 19.2. The number of anilines is 2. The highest BCUT2D eigenvalue weighted by molar-refractivity contribution is 6.41. The van der Waals surface area contributed by atoms with E-state index in [9.17, 15) is 4.79 Å². The van der Waals surface area contributed by atoms with E-state index in [2.05, 4.69) is 27.1 Å². The maximum atomic E-state index is 12.0. The number of nitrogens with zero attached hydrogens (tertiary/aromatic N) is 4. The first-order chi connectivity index (χ1) is 19.4. The highest BCUT2D eigenvalue weighted by Gasteiger charge is 2.32. The van der Waals surface area contributed by atoms with E-state index in [1.165, 1.54) is 20.3 Å². The predicted molar refractivity (Wildman–Crippen MR) is 154 cm³/mol. The topological polar surface area (TPSA) is 120 Å². The molecule has 1 aromatic carbocycles. The van der Waals surface area contributed by atoms with E-state index in [1.54, 1.807) is 19.4 Å². The molecular formula is C27H30Cl2N6O5. The minimum atomic E-state index is -0.231. The van der Waals surface area contributed by atoms with E-state index >= 15 is 0 Å². The number of nitrogens with one attached hydrogen (secondary N) is 2. The molecular weight excluding hydrogens is 559 g/mol. The molecule has 0 bridgehead atoms. The summed E-state index contributed by atoms with van der Waals surface area (Å²) < 4.78 is 22.1. The second kappa shape index (κ2) is 12.0. The SMILES string of the molecule is C=CC(=O)N[C@H]1CCOC[C@H]1Nc1cc2c(N3CC(OC)C3)nc(-c3c(Cl)c(OC)cc(OC)c3Cl)nc2cn1. The maximum Gasteiger partial charge on any atom is 0.243 e. The molecule has 0 aliphatic carbocycles. The van der Waals surface area contributed by atoms with Gasteiger partial charge in [0.15, 0.2) is 5.82 Å². The van der Waals surface area contributed by atoms with Gasteiger partial charge < -0.3 is 34.5 Å². The van der Waals surface area contributed by atoms with E-state index in [0.717, 1.165) is 5.39 Å². The van der Waals surface area contributed by atoms with Crippen molar-refractivity contribution in [2.24, 2.45) is 0 Å². The predicted octanol–water partition coefficient (Wildman–Crippen LogP) is 3.72. The molecule has 3 aromatic rings. The van der Waals surface area contributed by atoms with E-state index in [0.29, 0.717) is 72.8 Å². The number of fused-ring (bicyclic) bond motifs is 1. The number of pyridine rings is 1. The van der Waals surface area contributed by atoms with Crippen LogP contribution in [-0.2, 0) is 14.3 Å². The third-order valence-electron chi connectivity index (χ3n) is 7.04. The minimum absolute atomic E-state index is 0.0885. The van der Waals surface area contributed by atoms with Crippen LogP contribution in [0.25, 0.3) is 22.3 Å². The lowest BCUT2D eigenvalue weighted by atomic mass is 10.0. The Morgan fingerprint density at radius 2 is 1.85 bits per heavy atom. The zero-order valence-electron chi connectivity index (χ0n) is 22.4. The van der Waals surface area contributed by atoms with Crippen molar-refractivity contribution < 1.29 is 23.7 Å². The number of amides is 1. The summed E-state index contributed by atoms with van der Waals surface area (Å²) in [7, 11) is 4.71.